The standard InChI is InChI=1S/C12H15BrN2/c1-3-15(4-2)11-6-5-10(9-14)12(13)8-7-11/h6-8H,3-5H2,1-2H3. The van der Waals surface area contributed by atoms with Crippen LogP contribution in [-0.2, 0) is 0 Å². The van der Waals surface area contributed by atoms with Gasteiger partial charge in [0.25, 0.3) is 0 Å². The Morgan fingerprint density at radius 3 is 2.60 bits per heavy atom. The zero-order valence-electron chi connectivity index (χ0n) is 9.13. The average molecular weight is 267 g/mol. The summed E-state index contributed by atoms with van der Waals surface area (Å²) < 4.78 is 0.892. The van der Waals surface area contributed by atoms with Crippen molar-refractivity contribution in [1.29, 1.82) is 5.26 Å². The van der Waals surface area contributed by atoms with Crippen LogP contribution in [0.2, 0.25) is 0 Å². The lowest BCUT2D eigenvalue weighted by Gasteiger charge is -2.21. The monoisotopic (exact) mass is 266 g/mol. The van der Waals surface area contributed by atoms with Crippen LogP contribution in [0.25, 0.3) is 0 Å². The molecule has 0 aromatic heterocycles. The number of likely N-dealkylation sites (N-methyl/N-ethyl adjacent to an activating group) is 1. The normalized spacial score (nSPS) is 15.7. The maximum Gasteiger partial charge on any atom is 0.0962 e. The Bertz CT molecular complexity index is 354. The lowest BCUT2D eigenvalue weighted by molar-refractivity contribution is 0.393. The second kappa shape index (κ2) is 5.77. The summed E-state index contributed by atoms with van der Waals surface area (Å²) in [5.74, 6) is 0. The van der Waals surface area contributed by atoms with E-state index in [4.69, 9.17) is 5.26 Å². The van der Waals surface area contributed by atoms with Crippen molar-refractivity contribution in [3.63, 3.8) is 0 Å². The third kappa shape index (κ3) is 2.97. The third-order valence-corrected chi connectivity index (χ3v) is 3.21. The van der Waals surface area contributed by atoms with E-state index >= 15 is 0 Å². The number of halogens is 1. The summed E-state index contributed by atoms with van der Waals surface area (Å²) in [6, 6.07) is 2.21. The highest BCUT2D eigenvalue weighted by Gasteiger charge is 2.08. The lowest BCUT2D eigenvalue weighted by atomic mass is 10.2. The molecule has 0 N–H and O–H groups in total. The molecule has 1 aliphatic carbocycles. The van der Waals surface area contributed by atoms with Crippen LogP contribution in [0.3, 0.4) is 0 Å². The van der Waals surface area contributed by atoms with Gasteiger partial charge >= 0.3 is 0 Å². The van der Waals surface area contributed by atoms with Gasteiger partial charge in [0.1, 0.15) is 0 Å². The molecule has 0 heterocycles. The topological polar surface area (TPSA) is 27.0 Å². The molecule has 1 rings (SSSR count). The van der Waals surface area contributed by atoms with Crippen LogP contribution in [-0.4, -0.2) is 18.0 Å². The first kappa shape index (κ1) is 12.1. The molecule has 1 aliphatic rings. The van der Waals surface area contributed by atoms with Crippen LogP contribution in [0.4, 0.5) is 0 Å². The van der Waals surface area contributed by atoms with E-state index in [9.17, 15) is 0 Å². The van der Waals surface area contributed by atoms with Gasteiger partial charge in [-0.3, -0.25) is 0 Å². The van der Waals surface area contributed by atoms with Gasteiger partial charge in [0, 0.05) is 35.3 Å². The van der Waals surface area contributed by atoms with Crippen molar-refractivity contribution in [3.8, 4) is 6.07 Å². The van der Waals surface area contributed by atoms with Gasteiger partial charge < -0.3 is 4.90 Å². The summed E-state index contributed by atoms with van der Waals surface area (Å²) in [5.41, 5.74) is 1.98. The van der Waals surface area contributed by atoms with Gasteiger partial charge in [0.2, 0.25) is 0 Å². The fourth-order valence-electron chi connectivity index (χ4n) is 1.55. The molecule has 0 amide bonds. The lowest BCUT2D eigenvalue weighted by Crippen LogP contribution is -2.20. The molecule has 0 saturated carbocycles. The zero-order chi connectivity index (χ0) is 11.3. The van der Waals surface area contributed by atoms with Gasteiger partial charge in [-0.2, -0.15) is 5.26 Å². The molecule has 3 heteroatoms. The molecular formula is C12H15BrN2. The van der Waals surface area contributed by atoms with Crippen LogP contribution in [0.5, 0.6) is 0 Å². The number of nitrogens with zero attached hydrogens (tertiary/aromatic N) is 2. The number of allylic oxidation sites excluding steroid dienone is 5. The molecule has 0 radical (unpaired) electrons. The van der Waals surface area contributed by atoms with Crippen molar-refractivity contribution in [2.75, 3.05) is 13.1 Å². The number of nitriles is 1. The van der Waals surface area contributed by atoms with E-state index in [1.807, 2.05) is 6.08 Å². The Labute approximate surface area is 99.7 Å². The Morgan fingerprint density at radius 1 is 1.40 bits per heavy atom. The summed E-state index contributed by atoms with van der Waals surface area (Å²) >= 11 is 3.40. The molecule has 0 aliphatic heterocycles. The van der Waals surface area contributed by atoms with E-state index in [1.54, 1.807) is 0 Å². The van der Waals surface area contributed by atoms with Gasteiger partial charge in [-0.05, 0) is 41.9 Å². The largest absolute Gasteiger partial charge is 0.372 e. The maximum atomic E-state index is 8.91. The predicted octanol–water partition coefficient (Wildman–Crippen LogP) is 3.34. The van der Waals surface area contributed by atoms with Gasteiger partial charge in [0.05, 0.1) is 6.07 Å². The van der Waals surface area contributed by atoms with Crippen LogP contribution in [0, 0.1) is 11.3 Å². The zero-order valence-corrected chi connectivity index (χ0v) is 10.7. The number of hydrogen-bond acceptors (Lipinski definition) is 2. The first-order chi connectivity index (χ1) is 7.22. The second-order valence-electron chi connectivity index (χ2n) is 3.28. The highest BCUT2D eigenvalue weighted by atomic mass is 79.9. The van der Waals surface area contributed by atoms with Crippen molar-refractivity contribution in [1.82, 2.24) is 4.90 Å². The molecule has 80 valence electrons. The summed E-state index contributed by atoms with van der Waals surface area (Å²) in [4.78, 5) is 2.27. The molecule has 0 atom stereocenters. The fraction of sp³-hybridized carbons (Fsp3) is 0.417. The van der Waals surface area contributed by atoms with Gasteiger partial charge in [0.15, 0.2) is 0 Å². The van der Waals surface area contributed by atoms with E-state index in [-0.39, 0.29) is 0 Å². The molecule has 0 aromatic carbocycles. The van der Waals surface area contributed by atoms with Crippen molar-refractivity contribution >= 4 is 15.9 Å². The number of hydrogen-bond donors (Lipinski definition) is 0. The molecule has 0 spiro atoms. The van der Waals surface area contributed by atoms with Crippen LogP contribution in [0.15, 0.2) is 34.0 Å². The van der Waals surface area contributed by atoms with E-state index in [0.29, 0.717) is 6.42 Å². The Kier molecular flexibility index (Phi) is 4.64. The molecule has 0 fully saturated rings. The molecule has 15 heavy (non-hydrogen) atoms. The van der Waals surface area contributed by atoms with Crippen LogP contribution < -0.4 is 0 Å². The first-order valence-electron chi connectivity index (χ1n) is 5.14. The molecular weight excluding hydrogens is 252 g/mol. The minimum absolute atomic E-state index is 0.704. The Balaban J connectivity index is 2.89. The minimum atomic E-state index is 0.704. The van der Waals surface area contributed by atoms with Crippen molar-refractivity contribution in [2.45, 2.75) is 20.3 Å². The summed E-state index contributed by atoms with van der Waals surface area (Å²) in [6.07, 6.45) is 6.82. The predicted molar refractivity (Wildman–Crippen MR) is 66.3 cm³/mol. The highest BCUT2D eigenvalue weighted by molar-refractivity contribution is 9.11. The summed E-state index contributed by atoms with van der Waals surface area (Å²) in [5, 5.41) is 8.91. The molecule has 0 saturated heterocycles. The third-order valence-electron chi connectivity index (χ3n) is 2.47. The summed E-state index contributed by atoms with van der Waals surface area (Å²) in [7, 11) is 0. The number of rotatable bonds is 3. The Hall–Kier alpha value is -1.01. The average Bonchev–Trinajstić information content (AvgIpc) is 2.43. The summed E-state index contributed by atoms with van der Waals surface area (Å²) in [6.45, 7) is 6.26. The molecule has 0 aromatic rings. The van der Waals surface area contributed by atoms with Crippen LogP contribution >= 0.6 is 15.9 Å². The van der Waals surface area contributed by atoms with E-state index in [2.05, 4.69) is 52.9 Å². The van der Waals surface area contributed by atoms with Crippen molar-refractivity contribution < 1.29 is 0 Å². The van der Waals surface area contributed by atoms with Crippen molar-refractivity contribution in [2.24, 2.45) is 0 Å². The van der Waals surface area contributed by atoms with Gasteiger partial charge in [-0.15, -0.1) is 0 Å². The van der Waals surface area contributed by atoms with E-state index < -0.39 is 0 Å². The molecule has 0 bridgehead atoms. The quantitative estimate of drug-likeness (QED) is 0.784. The van der Waals surface area contributed by atoms with Gasteiger partial charge in [-0.1, -0.05) is 6.08 Å². The maximum absolute atomic E-state index is 8.91. The Morgan fingerprint density at radius 2 is 2.07 bits per heavy atom. The fourth-order valence-corrected chi connectivity index (χ4v) is 1.94. The first-order valence-corrected chi connectivity index (χ1v) is 5.94. The van der Waals surface area contributed by atoms with Crippen LogP contribution in [0.1, 0.15) is 20.3 Å². The highest BCUT2D eigenvalue weighted by Crippen LogP contribution is 2.23. The van der Waals surface area contributed by atoms with Gasteiger partial charge in [-0.25, -0.2) is 0 Å². The molecule has 0 unspecified atom stereocenters. The SMILES string of the molecule is CCN(CC)C1=CCC(C#N)=C(Br)C=C1. The minimum Gasteiger partial charge on any atom is -0.372 e. The smallest absolute Gasteiger partial charge is 0.0962 e. The van der Waals surface area contributed by atoms with E-state index in [1.165, 1.54) is 5.70 Å². The van der Waals surface area contributed by atoms with E-state index in [0.717, 1.165) is 23.1 Å². The van der Waals surface area contributed by atoms with Crippen molar-refractivity contribution in [3.05, 3.63) is 34.0 Å². The molecule has 2 nitrogen and oxygen atoms in total. The second-order valence-corrected chi connectivity index (χ2v) is 4.13.